The molecule has 0 rings (SSSR count). The highest BCUT2D eigenvalue weighted by Crippen LogP contribution is 2.43. The lowest BCUT2D eigenvalue weighted by molar-refractivity contribution is -0.154. The monoisotopic (exact) mass is 830 g/mol. The van der Waals surface area contributed by atoms with E-state index in [0.29, 0.717) is 13.0 Å². The number of carbonyl (C=O) groups excluding carboxylic acids is 1. The fraction of sp³-hybridized carbons (Fsp3) is 0.653. The Labute approximate surface area is 355 Å². The number of phosphoric ester groups is 1. The van der Waals surface area contributed by atoms with E-state index in [2.05, 4.69) is 111 Å². The standard InChI is InChI=1S/C49H84NO7P/c1-3-5-7-9-11-13-15-17-19-20-21-22-23-24-25-26-27-28-29-30-32-34-36-38-40-42-49(51)57-48(47-56-58(52,53)55-45-43-50)46-54-44-41-39-37-35-33-31-18-16-14-12-10-8-6-4-2/h5-8,11-14,17-19,21-22,24-25,31,48H,3-4,9-10,15-16,20,23,26-30,32-47,50H2,1-2H3,(H,52,53)/b7-5-,8-6-,13-11-,14-12-,19-17-,22-21-,25-24-,31-18-. The molecule has 0 aromatic heterocycles. The van der Waals surface area contributed by atoms with Gasteiger partial charge in [-0.2, -0.15) is 0 Å². The van der Waals surface area contributed by atoms with Gasteiger partial charge in [-0.3, -0.25) is 13.8 Å². The molecule has 0 aliphatic heterocycles. The minimum absolute atomic E-state index is 0.0900. The van der Waals surface area contributed by atoms with Crippen LogP contribution in [0.4, 0.5) is 0 Å². The molecule has 0 bridgehead atoms. The Morgan fingerprint density at radius 3 is 1.36 bits per heavy atom. The lowest BCUT2D eigenvalue weighted by atomic mass is 10.1. The molecule has 0 amide bonds. The summed E-state index contributed by atoms with van der Waals surface area (Å²) in [6.45, 7) is 4.61. The van der Waals surface area contributed by atoms with E-state index in [4.69, 9.17) is 24.3 Å². The highest BCUT2D eigenvalue weighted by molar-refractivity contribution is 7.47. The maximum absolute atomic E-state index is 12.6. The molecule has 0 saturated heterocycles. The van der Waals surface area contributed by atoms with Crippen molar-refractivity contribution in [1.29, 1.82) is 0 Å². The predicted octanol–water partition coefficient (Wildman–Crippen LogP) is 13.9. The first-order valence-electron chi connectivity index (χ1n) is 22.7. The zero-order valence-electron chi connectivity index (χ0n) is 36.7. The minimum atomic E-state index is -4.29. The van der Waals surface area contributed by atoms with Gasteiger partial charge < -0.3 is 20.1 Å². The molecule has 2 atom stereocenters. The Morgan fingerprint density at radius 2 is 0.914 bits per heavy atom. The molecule has 3 N–H and O–H groups in total. The lowest BCUT2D eigenvalue weighted by Crippen LogP contribution is -2.28. The molecule has 0 fully saturated rings. The molecule has 0 aromatic carbocycles. The molecule has 0 radical (unpaired) electrons. The fourth-order valence-corrected chi connectivity index (χ4v) is 6.51. The van der Waals surface area contributed by atoms with Crippen molar-refractivity contribution in [2.45, 2.75) is 174 Å². The topological polar surface area (TPSA) is 117 Å². The summed E-state index contributed by atoms with van der Waals surface area (Å²) in [6.07, 6.45) is 60.0. The van der Waals surface area contributed by atoms with Crippen LogP contribution in [-0.4, -0.2) is 49.9 Å². The summed E-state index contributed by atoms with van der Waals surface area (Å²) in [7, 11) is -4.29. The summed E-state index contributed by atoms with van der Waals surface area (Å²) in [4.78, 5) is 22.5. The molecule has 332 valence electrons. The number of esters is 1. The number of carbonyl (C=O) groups is 1. The van der Waals surface area contributed by atoms with Gasteiger partial charge in [-0.15, -0.1) is 0 Å². The zero-order valence-corrected chi connectivity index (χ0v) is 37.6. The molecule has 58 heavy (non-hydrogen) atoms. The fourth-order valence-electron chi connectivity index (χ4n) is 5.74. The van der Waals surface area contributed by atoms with Crippen LogP contribution in [0.15, 0.2) is 97.2 Å². The highest BCUT2D eigenvalue weighted by Gasteiger charge is 2.25. The molecule has 0 aliphatic rings. The Kier molecular flexibility index (Phi) is 43.5. The Hall–Kier alpha value is -2.58. The van der Waals surface area contributed by atoms with Crippen molar-refractivity contribution in [3.63, 3.8) is 0 Å². The summed E-state index contributed by atoms with van der Waals surface area (Å²) in [5.74, 6) is -0.350. The van der Waals surface area contributed by atoms with Crippen molar-refractivity contribution in [2.75, 3.05) is 33.0 Å². The van der Waals surface area contributed by atoms with Gasteiger partial charge in [0, 0.05) is 19.6 Å². The summed E-state index contributed by atoms with van der Waals surface area (Å²) >= 11 is 0. The first kappa shape index (κ1) is 55.4. The van der Waals surface area contributed by atoms with Gasteiger partial charge in [-0.1, -0.05) is 169 Å². The van der Waals surface area contributed by atoms with Crippen LogP contribution in [0.3, 0.4) is 0 Å². The maximum Gasteiger partial charge on any atom is 0.472 e. The lowest BCUT2D eigenvalue weighted by Gasteiger charge is -2.20. The number of rotatable bonds is 42. The van der Waals surface area contributed by atoms with Crippen LogP contribution in [0, 0.1) is 0 Å². The number of hydrogen-bond donors (Lipinski definition) is 2. The van der Waals surface area contributed by atoms with Crippen molar-refractivity contribution in [1.82, 2.24) is 0 Å². The summed E-state index contributed by atoms with van der Waals surface area (Å²) in [6, 6.07) is 0. The number of ether oxygens (including phenoxy) is 2. The third-order valence-electron chi connectivity index (χ3n) is 9.00. The van der Waals surface area contributed by atoms with Crippen LogP contribution in [0.25, 0.3) is 0 Å². The average molecular weight is 830 g/mol. The van der Waals surface area contributed by atoms with Gasteiger partial charge in [0.25, 0.3) is 0 Å². The second kappa shape index (κ2) is 45.5. The van der Waals surface area contributed by atoms with Crippen LogP contribution < -0.4 is 5.73 Å². The predicted molar refractivity (Wildman–Crippen MR) is 247 cm³/mol. The van der Waals surface area contributed by atoms with Gasteiger partial charge in [0.05, 0.1) is 19.8 Å². The van der Waals surface area contributed by atoms with Gasteiger partial charge in [-0.25, -0.2) is 4.57 Å². The molecular formula is C49H84NO7P. The van der Waals surface area contributed by atoms with Crippen LogP contribution in [0.5, 0.6) is 0 Å². The van der Waals surface area contributed by atoms with E-state index < -0.39 is 13.9 Å². The molecule has 0 aromatic rings. The first-order valence-corrected chi connectivity index (χ1v) is 24.2. The SMILES string of the molecule is CC/C=C\C/C=C\C/C=C\C/C=C\C/C=C\CCCCCCCCCCCC(=O)OC(COCCCCCC/C=C\C/C=C\C/C=C\CC)COP(=O)(O)OCCN. The molecule has 8 nitrogen and oxygen atoms in total. The van der Waals surface area contributed by atoms with E-state index in [1.54, 1.807) is 0 Å². The highest BCUT2D eigenvalue weighted by atomic mass is 31.2. The normalized spacial score (nSPS) is 14.3. The molecule has 9 heteroatoms. The summed E-state index contributed by atoms with van der Waals surface area (Å²) < 4.78 is 33.4. The number of hydrogen-bond acceptors (Lipinski definition) is 7. The van der Waals surface area contributed by atoms with E-state index in [1.165, 1.54) is 38.5 Å². The van der Waals surface area contributed by atoms with Crippen LogP contribution in [0.1, 0.15) is 168 Å². The quantitative estimate of drug-likeness (QED) is 0.0270. The molecular weight excluding hydrogens is 746 g/mol. The Morgan fingerprint density at radius 1 is 0.517 bits per heavy atom. The van der Waals surface area contributed by atoms with Crippen molar-refractivity contribution in [3.8, 4) is 0 Å². The van der Waals surface area contributed by atoms with E-state index >= 15 is 0 Å². The van der Waals surface area contributed by atoms with Crippen molar-refractivity contribution in [2.24, 2.45) is 5.73 Å². The zero-order chi connectivity index (χ0) is 42.3. The van der Waals surface area contributed by atoms with Gasteiger partial charge in [0.1, 0.15) is 6.10 Å². The Balaban J connectivity index is 4.03. The van der Waals surface area contributed by atoms with Crippen LogP contribution >= 0.6 is 7.82 Å². The first-order chi connectivity index (χ1) is 28.4. The van der Waals surface area contributed by atoms with Crippen LogP contribution in [0.2, 0.25) is 0 Å². The largest absolute Gasteiger partial charge is 0.472 e. The molecule has 0 saturated carbocycles. The number of unbranched alkanes of at least 4 members (excludes halogenated alkanes) is 13. The van der Waals surface area contributed by atoms with E-state index in [1.807, 2.05) is 0 Å². The number of allylic oxidation sites excluding steroid dienone is 16. The molecule has 2 unspecified atom stereocenters. The van der Waals surface area contributed by atoms with E-state index in [-0.39, 0.29) is 32.3 Å². The molecule has 0 aliphatic carbocycles. The second-order valence-electron chi connectivity index (χ2n) is 14.5. The van der Waals surface area contributed by atoms with E-state index in [9.17, 15) is 14.3 Å². The third-order valence-corrected chi connectivity index (χ3v) is 9.98. The van der Waals surface area contributed by atoms with E-state index in [0.717, 1.165) is 109 Å². The summed E-state index contributed by atoms with van der Waals surface area (Å²) in [5.41, 5.74) is 5.37. The minimum Gasteiger partial charge on any atom is -0.457 e. The van der Waals surface area contributed by atoms with Gasteiger partial charge in [0.2, 0.25) is 0 Å². The maximum atomic E-state index is 12.6. The van der Waals surface area contributed by atoms with Crippen molar-refractivity contribution in [3.05, 3.63) is 97.2 Å². The van der Waals surface area contributed by atoms with Crippen molar-refractivity contribution >= 4 is 13.8 Å². The van der Waals surface area contributed by atoms with Gasteiger partial charge >= 0.3 is 13.8 Å². The number of phosphoric acid groups is 1. The summed E-state index contributed by atoms with van der Waals surface area (Å²) in [5, 5.41) is 0. The number of nitrogens with two attached hydrogens (primary N) is 1. The Bertz CT molecular complexity index is 1200. The average Bonchev–Trinajstić information content (AvgIpc) is 3.21. The third kappa shape index (κ3) is 44.5. The molecule has 0 heterocycles. The van der Waals surface area contributed by atoms with Gasteiger partial charge in [-0.05, 0) is 89.9 Å². The smallest absolute Gasteiger partial charge is 0.457 e. The second-order valence-corrected chi connectivity index (χ2v) is 16.0. The van der Waals surface area contributed by atoms with Crippen LogP contribution in [-0.2, 0) is 27.9 Å². The molecule has 0 spiro atoms. The van der Waals surface area contributed by atoms with Crippen molar-refractivity contribution < 1.29 is 32.8 Å². The van der Waals surface area contributed by atoms with Gasteiger partial charge in [0.15, 0.2) is 0 Å².